The maximum Gasteiger partial charge on any atom is 0.326 e. The fourth-order valence-corrected chi connectivity index (χ4v) is 6.32. The molecule has 2 rings (SSSR count). The van der Waals surface area contributed by atoms with E-state index in [1.54, 1.807) is 24.3 Å². The normalized spacial score (nSPS) is 16.2. The summed E-state index contributed by atoms with van der Waals surface area (Å²) in [6.07, 6.45) is 2.63. The van der Waals surface area contributed by atoms with Crippen LogP contribution in [0, 0.1) is 11.8 Å². The average molecular weight is 866 g/mol. The zero-order valence-electron chi connectivity index (χ0n) is 34.7. The van der Waals surface area contributed by atoms with Gasteiger partial charge in [0.1, 0.15) is 18.1 Å². The number of carboxylic acid groups (broad SMARTS) is 3. The zero-order chi connectivity index (χ0) is 45.0. The first-order chi connectivity index (χ1) is 29.1. The highest BCUT2D eigenvalue weighted by Crippen LogP contribution is 2.29. The molecule has 1 aliphatic rings. The van der Waals surface area contributed by atoms with E-state index in [-0.39, 0.29) is 68.4 Å². The number of nitrogen functional groups attached to an aromatic ring is 1. The van der Waals surface area contributed by atoms with E-state index in [9.17, 15) is 48.6 Å². The van der Waals surface area contributed by atoms with Crippen molar-refractivity contribution in [2.45, 2.75) is 95.7 Å². The summed E-state index contributed by atoms with van der Waals surface area (Å²) >= 11 is 0. The summed E-state index contributed by atoms with van der Waals surface area (Å²) < 4.78 is 16.2. The van der Waals surface area contributed by atoms with Crippen molar-refractivity contribution in [1.29, 1.82) is 0 Å². The predicted molar refractivity (Wildman–Crippen MR) is 219 cm³/mol. The number of unbranched alkanes of at least 4 members (excludes halogenated alkanes) is 1. The van der Waals surface area contributed by atoms with Crippen molar-refractivity contribution >= 4 is 53.3 Å². The van der Waals surface area contributed by atoms with Gasteiger partial charge in [0.05, 0.1) is 39.6 Å². The van der Waals surface area contributed by atoms with Crippen LogP contribution < -0.4 is 37.6 Å². The molecule has 1 saturated carbocycles. The second-order valence-corrected chi connectivity index (χ2v) is 14.7. The molecule has 21 heteroatoms. The average Bonchev–Trinajstić information content (AvgIpc) is 3.21. The number of nitrogens with two attached hydrogens (primary N) is 1. The van der Waals surface area contributed by atoms with E-state index >= 15 is 0 Å². The molecule has 6 amide bonds. The fraction of sp³-hybridized carbons (Fsp3) is 0.650. The molecule has 0 spiro atoms. The maximum atomic E-state index is 13.4. The topological polar surface area (TPSA) is 323 Å². The Balaban J connectivity index is 1.73. The van der Waals surface area contributed by atoms with Crippen LogP contribution in [-0.2, 0) is 54.2 Å². The van der Waals surface area contributed by atoms with Crippen LogP contribution in [0.3, 0.4) is 0 Å². The van der Waals surface area contributed by atoms with Crippen LogP contribution in [0.25, 0.3) is 0 Å². The third kappa shape index (κ3) is 23.7. The van der Waals surface area contributed by atoms with Gasteiger partial charge in [0.25, 0.3) is 0 Å². The third-order valence-corrected chi connectivity index (χ3v) is 9.77. The summed E-state index contributed by atoms with van der Waals surface area (Å²) in [6.45, 7) is 4.65. The number of urea groups is 1. The monoisotopic (exact) mass is 865 g/mol. The van der Waals surface area contributed by atoms with Crippen molar-refractivity contribution < 1.29 is 67.9 Å². The Morgan fingerprint density at radius 1 is 0.672 bits per heavy atom. The summed E-state index contributed by atoms with van der Waals surface area (Å²) in [6, 6.07) is 2.02. The van der Waals surface area contributed by atoms with Crippen LogP contribution in [0.15, 0.2) is 24.3 Å². The van der Waals surface area contributed by atoms with Crippen molar-refractivity contribution in [3.63, 3.8) is 0 Å². The minimum Gasteiger partial charge on any atom is -0.481 e. The lowest BCUT2D eigenvalue weighted by molar-refractivity contribution is -0.141. The Morgan fingerprint density at radius 2 is 1.26 bits per heavy atom. The molecule has 3 atom stereocenters. The highest BCUT2D eigenvalue weighted by Gasteiger charge is 2.30. The molecule has 1 aromatic rings. The Labute approximate surface area is 354 Å². The lowest BCUT2D eigenvalue weighted by atomic mass is 9.81. The van der Waals surface area contributed by atoms with Gasteiger partial charge in [0, 0.05) is 57.4 Å². The van der Waals surface area contributed by atoms with E-state index in [2.05, 4.69) is 31.9 Å². The number of carbonyl (C=O) groups is 8. The molecule has 11 N–H and O–H groups in total. The molecular weight excluding hydrogens is 802 g/mol. The summed E-state index contributed by atoms with van der Waals surface area (Å²) in [7, 11) is 0. The van der Waals surface area contributed by atoms with E-state index in [1.165, 1.54) is 6.92 Å². The molecule has 1 aromatic carbocycles. The molecular formula is C40H63N7O14. The molecule has 0 aromatic heterocycles. The van der Waals surface area contributed by atoms with Crippen LogP contribution in [0.1, 0.15) is 76.7 Å². The van der Waals surface area contributed by atoms with Gasteiger partial charge in [-0.2, -0.15) is 0 Å². The first-order valence-electron chi connectivity index (χ1n) is 20.6. The zero-order valence-corrected chi connectivity index (χ0v) is 34.7. The first kappa shape index (κ1) is 51.6. The highest BCUT2D eigenvalue weighted by atomic mass is 16.5. The number of ether oxygens (including phenoxy) is 3. The van der Waals surface area contributed by atoms with Gasteiger partial charge in [-0.05, 0) is 75.0 Å². The van der Waals surface area contributed by atoms with Crippen molar-refractivity contribution in [2.24, 2.45) is 11.8 Å². The number of amides is 6. The molecule has 0 heterocycles. The third-order valence-electron chi connectivity index (χ3n) is 9.77. The first-order valence-corrected chi connectivity index (χ1v) is 20.6. The molecule has 342 valence electrons. The van der Waals surface area contributed by atoms with Gasteiger partial charge in [-0.15, -0.1) is 0 Å². The molecule has 1 fully saturated rings. The number of benzene rings is 1. The Bertz CT molecular complexity index is 1560. The predicted octanol–water partition coefficient (Wildman–Crippen LogP) is 0.152. The van der Waals surface area contributed by atoms with Gasteiger partial charge in [0.15, 0.2) is 0 Å². The number of hydrogen-bond donors (Lipinski definition) is 10. The second kappa shape index (κ2) is 29.6. The number of hydrogen-bond acceptors (Lipinski definition) is 12. The standard InChI is InChI=1S/C40H63N7O14/c1-26(48)42-17-19-60-21-23-61-22-20-59-18-15-34(49)44-25-28-5-9-29(10-6-28)36(52)45-33(24-27-7-11-30(41)12-8-27)37(53)43-16-3-2-4-31(38(54)55)46-40(58)47-32(39(56)57)13-14-35(50)51/h7-8,11-12,28-29,31-33H,2-6,9-10,13-25,41H2,1H3,(H,42,48)(H,43,53)(H,44,49)(H,45,52)(H,50,51)(H,54,55)(H,56,57)(H2,46,47,58)/t28?,29?,31-,32-,33-/m0/s1. The summed E-state index contributed by atoms with van der Waals surface area (Å²) in [5.74, 6) is -5.13. The van der Waals surface area contributed by atoms with Crippen LogP contribution >= 0.6 is 0 Å². The summed E-state index contributed by atoms with van der Waals surface area (Å²) in [5, 5.41) is 43.2. The minimum atomic E-state index is -1.53. The lowest BCUT2D eigenvalue weighted by Gasteiger charge is -2.29. The van der Waals surface area contributed by atoms with E-state index < -0.39 is 60.8 Å². The number of anilines is 1. The molecule has 0 aliphatic heterocycles. The summed E-state index contributed by atoms with van der Waals surface area (Å²) in [4.78, 5) is 96.2. The van der Waals surface area contributed by atoms with E-state index in [0.29, 0.717) is 71.1 Å². The molecule has 0 unspecified atom stereocenters. The van der Waals surface area contributed by atoms with Crippen molar-refractivity contribution in [1.82, 2.24) is 31.9 Å². The molecule has 0 radical (unpaired) electrons. The number of nitrogens with one attached hydrogen (secondary N) is 6. The van der Waals surface area contributed by atoms with Crippen molar-refractivity contribution in [3.05, 3.63) is 29.8 Å². The van der Waals surface area contributed by atoms with Gasteiger partial charge < -0.3 is 67.2 Å². The summed E-state index contributed by atoms with van der Waals surface area (Å²) in [5.41, 5.74) is 7.14. The largest absolute Gasteiger partial charge is 0.481 e. The Kier molecular flexibility index (Phi) is 25.1. The van der Waals surface area contributed by atoms with E-state index in [4.69, 9.17) is 25.1 Å². The van der Waals surface area contributed by atoms with E-state index in [1.807, 2.05) is 0 Å². The number of carbonyl (C=O) groups excluding carboxylic acids is 5. The molecule has 0 saturated heterocycles. The Morgan fingerprint density at radius 3 is 1.85 bits per heavy atom. The lowest BCUT2D eigenvalue weighted by Crippen LogP contribution is -2.51. The molecule has 0 bridgehead atoms. The molecule has 1 aliphatic carbocycles. The molecule has 61 heavy (non-hydrogen) atoms. The number of carboxylic acids is 3. The van der Waals surface area contributed by atoms with Crippen LogP contribution in [-0.4, -0.2) is 140 Å². The van der Waals surface area contributed by atoms with Crippen molar-refractivity contribution in [2.75, 3.05) is 65.0 Å². The highest BCUT2D eigenvalue weighted by molar-refractivity contribution is 5.89. The minimum absolute atomic E-state index is 0.0454. The molecule has 21 nitrogen and oxygen atoms in total. The van der Waals surface area contributed by atoms with Crippen LogP contribution in [0.4, 0.5) is 10.5 Å². The van der Waals surface area contributed by atoms with Gasteiger partial charge in [-0.1, -0.05) is 12.1 Å². The van der Waals surface area contributed by atoms with Gasteiger partial charge in [-0.25, -0.2) is 14.4 Å². The van der Waals surface area contributed by atoms with Gasteiger partial charge in [0.2, 0.25) is 23.6 Å². The van der Waals surface area contributed by atoms with Crippen LogP contribution in [0.5, 0.6) is 0 Å². The number of rotatable bonds is 31. The van der Waals surface area contributed by atoms with E-state index in [0.717, 1.165) is 18.4 Å². The van der Waals surface area contributed by atoms with Crippen molar-refractivity contribution in [3.8, 4) is 0 Å². The Hall–Kier alpha value is -5.54. The number of aliphatic carboxylic acids is 3. The SMILES string of the molecule is CC(=O)NCCOCCOCCOCCC(=O)NCC1CCC(C(=O)N[C@@H](Cc2ccc(N)cc2)C(=O)NCCCC[C@H](NC(=O)N[C@@H](CCC(=O)O)C(=O)O)C(=O)O)CC1. The quantitative estimate of drug-likeness (QED) is 0.0351. The maximum absolute atomic E-state index is 13.4. The van der Waals surface area contributed by atoms with Gasteiger partial charge >= 0.3 is 23.9 Å². The second-order valence-electron chi connectivity index (χ2n) is 14.7. The van der Waals surface area contributed by atoms with Gasteiger partial charge in [-0.3, -0.25) is 24.0 Å². The smallest absolute Gasteiger partial charge is 0.326 e. The fourth-order valence-electron chi connectivity index (χ4n) is 6.32. The van der Waals surface area contributed by atoms with Crippen LogP contribution in [0.2, 0.25) is 0 Å².